The Morgan fingerprint density at radius 2 is 1.48 bits per heavy atom. The fourth-order valence-electron chi connectivity index (χ4n) is 4.27. The second-order valence-electron chi connectivity index (χ2n) is 10.4. The maximum absolute atomic E-state index is 13.5. The van der Waals surface area contributed by atoms with E-state index in [1.54, 1.807) is 30.3 Å². The summed E-state index contributed by atoms with van der Waals surface area (Å²) in [5.41, 5.74) is 11.4. The molecule has 10 N–H and O–H groups in total. The number of aliphatic carboxylic acids is 1. The number of carboxylic acids is 1. The number of nitrogens with two attached hydrogens (primary N) is 2. The summed E-state index contributed by atoms with van der Waals surface area (Å²) in [6, 6.07) is 3.85. The third-order valence-corrected chi connectivity index (χ3v) is 6.29. The van der Waals surface area contributed by atoms with Gasteiger partial charge < -0.3 is 43.2 Å². The zero-order valence-corrected chi connectivity index (χ0v) is 23.7. The number of benzene rings is 1. The molecule has 1 aromatic carbocycles. The molecule has 1 aromatic rings. The highest BCUT2D eigenvalue weighted by Gasteiger charge is 2.33. The predicted molar refractivity (Wildman–Crippen MR) is 152 cm³/mol. The van der Waals surface area contributed by atoms with Gasteiger partial charge in [0.1, 0.15) is 24.2 Å². The highest BCUT2D eigenvalue weighted by Crippen LogP contribution is 2.10. The molecule has 0 spiro atoms. The van der Waals surface area contributed by atoms with Crippen molar-refractivity contribution in [2.24, 2.45) is 22.4 Å². The predicted octanol–water partition coefficient (Wildman–Crippen LogP) is -2.13. The average Bonchev–Trinajstić information content (AvgIpc) is 2.91. The van der Waals surface area contributed by atoms with E-state index in [1.807, 2.05) is 13.8 Å². The van der Waals surface area contributed by atoms with E-state index in [-0.39, 0.29) is 37.7 Å². The molecule has 1 fully saturated rings. The van der Waals surface area contributed by atoms with Gasteiger partial charge in [0, 0.05) is 13.0 Å². The summed E-state index contributed by atoms with van der Waals surface area (Å²) in [7, 11) is 0. The molecule has 2 rings (SSSR count). The quantitative estimate of drug-likeness (QED) is 0.0843. The molecule has 15 heteroatoms. The molecule has 4 atom stereocenters. The van der Waals surface area contributed by atoms with Gasteiger partial charge in [-0.25, -0.2) is 0 Å². The SMILES string of the molecule is CC(C)C[C@@H]1NC(=O)[C@@H](Cc2ccccc2)NC(=O)[C@H](CC(=O)O)NC(=O)CNC(=O)[C@H](CCCN=C(N)N)NC1=O. The maximum atomic E-state index is 13.5. The maximum Gasteiger partial charge on any atom is 0.305 e. The van der Waals surface area contributed by atoms with Crippen molar-refractivity contribution in [1.82, 2.24) is 26.6 Å². The Hall–Kier alpha value is -4.69. The molecule has 5 amide bonds. The van der Waals surface area contributed by atoms with Gasteiger partial charge in [0.15, 0.2) is 5.96 Å². The van der Waals surface area contributed by atoms with E-state index >= 15 is 0 Å². The van der Waals surface area contributed by atoms with Crippen molar-refractivity contribution < 1.29 is 33.9 Å². The number of rotatable bonds is 10. The smallest absolute Gasteiger partial charge is 0.305 e. The molecule has 1 aliphatic rings. The Morgan fingerprint density at radius 1 is 0.881 bits per heavy atom. The van der Waals surface area contributed by atoms with E-state index in [2.05, 4.69) is 31.6 Å². The summed E-state index contributed by atoms with van der Waals surface area (Å²) in [6.45, 7) is 3.29. The molecule has 0 unspecified atom stereocenters. The lowest BCUT2D eigenvalue weighted by Gasteiger charge is -2.26. The topological polar surface area (TPSA) is 247 Å². The number of hydrogen-bond acceptors (Lipinski definition) is 7. The summed E-state index contributed by atoms with van der Waals surface area (Å²) in [5, 5.41) is 21.9. The number of guanidine groups is 1. The third-order valence-electron chi connectivity index (χ3n) is 6.29. The van der Waals surface area contributed by atoms with Crippen LogP contribution in [-0.4, -0.2) is 83.8 Å². The number of carbonyl (C=O) groups excluding carboxylic acids is 5. The van der Waals surface area contributed by atoms with Gasteiger partial charge >= 0.3 is 5.97 Å². The minimum absolute atomic E-state index is 0.0234. The van der Waals surface area contributed by atoms with E-state index < -0.39 is 72.6 Å². The number of nitrogens with zero attached hydrogens (tertiary/aromatic N) is 1. The van der Waals surface area contributed by atoms with Gasteiger partial charge in [0.05, 0.1) is 13.0 Å². The van der Waals surface area contributed by atoms with Crippen molar-refractivity contribution in [3.63, 3.8) is 0 Å². The zero-order chi connectivity index (χ0) is 31.2. The molecule has 0 radical (unpaired) electrons. The van der Waals surface area contributed by atoms with Crippen LogP contribution in [0.25, 0.3) is 0 Å². The summed E-state index contributed by atoms with van der Waals surface area (Å²) < 4.78 is 0. The van der Waals surface area contributed by atoms with E-state index in [9.17, 15) is 33.9 Å². The Balaban J connectivity index is 2.44. The van der Waals surface area contributed by atoms with E-state index in [0.29, 0.717) is 12.0 Å². The van der Waals surface area contributed by atoms with Crippen molar-refractivity contribution in [3.8, 4) is 0 Å². The first-order chi connectivity index (χ1) is 19.8. The van der Waals surface area contributed by atoms with E-state index in [4.69, 9.17) is 11.5 Å². The summed E-state index contributed by atoms with van der Waals surface area (Å²) in [5.74, 6) is -5.32. The second kappa shape index (κ2) is 16.5. The first kappa shape index (κ1) is 33.5. The van der Waals surface area contributed by atoms with Gasteiger partial charge in [-0.05, 0) is 30.7 Å². The highest BCUT2D eigenvalue weighted by molar-refractivity contribution is 5.98. The van der Waals surface area contributed by atoms with E-state index in [1.165, 1.54) is 0 Å². The van der Waals surface area contributed by atoms with Crippen LogP contribution in [0.5, 0.6) is 0 Å². The van der Waals surface area contributed by atoms with Crippen molar-refractivity contribution in [2.75, 3.05) is 13.1 Å². The number of hydrogen-bond donors (Lipinski definition) is 8. The van der Waals surface area contributed by atoms with Crippen molar-refractivity contribution in [3.05, 3.63) is 35.9 Å². The van der Waals surface area contributed by atoms with Crippen molar-refractivity contribution >= 4 is 41.5 Å². The second-order valence-corrected chi connectivity index (χ2v) is 10.4. The molecule has 0 saturated carbocycles. The minimum atomic E-state index is -1.54. The standard InChI is InChI=1S/C27H40N8O7/c1-15(2)11-18-24(40)33-17(9-6-10-30-27(28)29)23(39)31-14-21(36)32-20(13-22(37)38)26(42)35-19(25(41)34-18)12-16-7-4-3-5-8-16/h3-5,7-8,15,17-20H,6,9-14H2,1-2H3,(H,31,39)(H,32,36)(H,33,40)(H,34,41)(H,35,42)(H,37,38)(H4,28,29,30)/t17-,18-,19+,20-/m0/s1. The molecule has 1 heterocycles. The molecular formula is C27H40N8O7. The van der Waals surface area contributed by atoms with Gasteiger partial charge in [-0.3, -0.25) is 33.8 Å². The summed E-state index contributed by atoms with van der Waals surface area (Å²) in [4.78, 5) is 81.0. The van der Waals surface area contributed by atoms with Gasteiger partial charge in [-0.1, -0.05) is 44.2 Å². The number of amides is 5. The zero-order valence-electron chi connectivity index (χ0n) is 23.7. The fourth-order valence-corrected chi connectivity index (χ4v) is 4.27. The highest BCUT2D eigenvalue weighted by atomic mass is 16.4. The third kappa shape index (κ3) is 11.8. The van der Waals surface area contributed by atoms with Crippen LogP contribution in [0.4, 0.5) is 0 Å². The van der Waals surface area contributed by atoms with Crippen LogP contribution < -0.4 is 38.1 Å². The molecule has 0 aliphatic carbocycles. The number of carbonyl (C=O) groups is 6. The van der Waals surface area contributed by atoms with Crippen LogP contribution in [0, 0.1) is 5.92 Å². The van der Waals surface area contributed by atoms with Crippen LogP contribution in [0.3, 0.4) is 0 Å². The van der Waals surface area contributed by atoms with Crippen LogP contribution in [-0.2, 0) is 35.2 Å². The van der Waals surface area contributed by atoms with Crippen LogP contribution in [0.15, 0.2) is 35.3 Å². The monoisotopic (exact) mass is 588 g/mol. The molecule has 1 aliphatic heterocycles. The average molecular weight is 589 g/mol. The summed E-state index contributed by atoms with van der Waals surface area (Å²) in [6.07, 6.45) is -0.115. The molecule has 1 saturated heterocycles. The first-order valence-electron chi connectivity index (χ1n) is 13.6. The van der Waals surface area contributed by atoms with Gasteiger partial charge in [-0.15, -0.1) is 0 Å². The van der Waals surface area contributed by atoms with Crippen LogP contribution in [0.1, 0.15) is 45.1 Å². The van der Waals surface area contributed by atoms with Crippen molar-refractivity contribution in [2.45, 2.75) is 70.1 Å². The lowest BCUT2D eigenvalue weighted by atomic mass is 10.00. The van der Waals surface area contributed by atoms with Gasteiger partial charge in [0.25, 0.3) is 0 Å². The molecule has 230 valence electrons. The molecule has 42 heavy (non-hydrogen) atoms. The largest absolute Gasteiger partial charge is 0.481 e. The molecule has 0 bridgehead atoms. The lowest BCUT2D eigenvalue weighted by Crippen LogP contribution is -2.58. The Labute approximate surface area is 243 Å². The molecule has 0 aromatic heterocycles. The van der Waals surface area contributed by atoms with Gasteiger partial charge in [-0.2, -0.15) is 0 Å². The van der Waals surface area contributed by atoms with E-state index in [0.717, 1.165) is 0 Å². The Morgan fingerprint density at radius 3 is 2.10 bits per heavy atom. The number of nitrogens with one attached hydrogen (secondary N) is 5. The molecule has 15 nitrogen and oxygen atoms in total. The number of carboxylic acid groups (broad SMARTS) is 1. The minimum Gasteiger partial charge on any atom is -0.481 e. The summed E-state index contributed by atoms with van der Waals surface area (Å²) >= 11 is 0. The number of aliphatic imine (C=N–C) groups is 1. The first-order valence-corrected chi connectivity index (χ1v) is 13.6. The fraction of sp³-hybridized carbons (Fsp3) is 0.519. The van der Waals surface area contributed by atoms with Crippen molar-refractivity contribution in [1.29, 1.82) is 0 Å². The van der Waals surface area contributed by atoms with Crippen LogP contribution in [0.2, 0.25) is 0 Å². The molecular weight excluding hydrogens is 548 g/mol. The van der Waals surface area contributed by atoms with Crippen LogP contribution >= 0.6 is 0 Å². The normalized spacial score (nSPS) is 22.4. The van der Waals surface area contributed by atoms with Gasteiger partial charge in [0.2, 0.25) is 29.5 Å². The Bertz CT molecular complexity index is 1150. The Kier molecular flexibility index (Phi) is 13.2. The lowest BCUT2D eigenvalue weighted by molar-refractivity contribution is -0.141.